The fraction of sp³-hybridized carbons (Fsp3) is 1.00. The van der Waals surface area contributed by atoms with Crippen molar-refractivity contribution in [3.63, 3.8) is 0 Å². The van der Waals surface area contributed by atoms with Crippen molar-refractivity contribution in [2.75, 3.05) is 0 Å². The van der Waals surface area contributed by atoms with Crippen molar-refractivity contribution in [3.05, 3.63) is 0 Å². The van der Waals surface area contributed by atoms with E-state index in [1.807, 2.05) is 0 Å². The van der Waals surface area contributed by atoms with Gasteiger partial charge in [0.1, 0.15) is 0 Å². The minimum absolute atomic E-state index is 0.161. The second kappa shape index (κ2) is 8.60. The minimum atomic E-state index is -0.221. The molecule has 0 spiro atoms. The van der Waals surface area contributed by atoms with Gasteiger partial charge >= 0.3 is 18.2 Å². The quantitative estimate of drug-likeness (QED) is 0.506. The van der Waals surface area contributed by atoms with Crippen LogP contribution in [0, 0.1) is 5.92 Å². The van der Waals surface area contributed by atoms with E-state index in [-0.39, 0.29) is 27.0 Å². The minimum Gasteiger partial charge on any atom is -0.307 e. The van der Waals surface area contributed by atoms with Gasteiger partial charge in [-0.05, 0) is 0 Å². The highest BCUT2D eigenvalue weighted by Crippen LogP contribution is 2.30. The van der Waals surface area contributed by atoms with Gasteiger partial charge in [-0.15, -0.1) is 4.55 Å². The Labute approximate surface area is 107 Å². The Morgan fingerprint density at radius 1 is 1.29 bits per heavy atom. The van der Waals surface area contributed by atoms with E-state index in [0.29, 0.717) is 0 Å². The van der Waals surface area contributed by atoms with Gasteiger partial charge < -0.3 is 12.9 Å². The SMILES string of the molecule is CCCCC[Si@H]1CC[C@H]([CH2][Mg][Br])CC1. The van der Waals surface area contributed by atoms with Crippen LogP contribution in [0.5, 0.6) is 0 Å². The zero-order valence-corrected chi connectivity index (χ0v) is 13.8. The van der Waals surface area contributed by atoms with Crippen LogP contribution in [0.4, 0.5) is 0 Å². The molecule has 0 aliphatic carbocycles. The van der Waals surface area contributed by atoms with Crippen LogP contribution in [0.1, 0.15) is 39.0 Å². The largest absolute Gasteiger partial charge is 0.468 e. The highest BCUT2D eigenvalue weighted by molar-refractivity contribution is 9.23. The normalized spacial score (nSPS) is 27.3. The first-order valence-electron chi connectivity index (χ1n) is 6.42. The maximum atomic E-state index is 3.70. The number of hydrogen-bond donors (Lipinski definition) is 0. The Morgan fingerprint density at radius 3 is 2.57 bits per heavy atom. The summed E-state index contributed by atoms with van der Waals surface area (Å²) < 4.78 is 1.57. The fourth-order valence-corrected chi connectivity index (χ4v) is 9.09. The molecule has 0 atom stereocenters. The van der Waals surface area contributed by atoms with Crippen molar-refractivity contribution >= 4 is 39.9 Å². The summed E-state index contributed by atoms with van der Waals surface area (Å²) in [6.45, 7) is 2.32. The monoisotopic (exact) mass is 286 g/mol. The van der Waals surface area contributed by atoms with Crippen LogP contribution in [-0.2, 0) is 0 Å². The summed E-state index contributed by atoms with van der Waals surface area (Å²) >= 11 is 3.86. The first-order chi connectivity index (χ1) is 6.86. The van der Waals surface area contributed by atoms with E-state index in [1.165, 1.54) is 12.8 Å². The van der Waals surface area contributed by atoms with E-state index < -0.39 is 0 Å². The second-order valence-electron chi connectivity index (χ2n) is 4.86. The van der Waals surface area contributed by atoms with Crippen LogP contribution in [0.15, 0.2) is 0 Å². The first-order valence-corrected chi connectivity index (χ1v) is 13.8. The zero-order valence-electron chi connectivity index (χ0n) is 9.60. The molecule has 0 radical (unpaired) electrons. The van der Waals surface area contributed by atoms with Crippen LogP contribution < -0.4 is 0 Å². The lowest BCUT2D eigenvalue weighted by atomic mass is 10.1. The van der Waals surface area contributed by atoms with Gasteiger partial charge in [-0.25, -0.2) is 0 Å². The molecule has 1 fully saturated rings. The van der Waals surface area contributed by atoms with Crippen molar-refractivity contribution in [3.8, 4) is 0 Å². The van der Waals surface area contributed by atoms with Gasteiger partial charge in [0, 0.05) is 8.80 Å². The van der Waals surface area contributed by atoms with E-state index in [1.54, 1.807) is 41.9 Å². The van der Waals surface area contributed by atoms with Crippen molar-refractivity contribution in [2.24, 2.45) is 5.92 Å². The van der Waals surface area contributed by atoms with Crippen LogP contribution in [0.2, 0.25) is 22.7 Å². The summed E-state index contributed by atoms with van der Waals surface area (Å²) in [6, 6.07) is 5.01. The molecular weight excluding hydrogens is 264 g/mol. The van der Waals surface area contributed by atoms with E-state index in [0.717, 1.165) is 5.92 Å². The Balaban J connectivity index is 2.03. The second-order valence-corrected chi connectivity index (χ2v) is 11.7. The molecule has 1 rings (SSSR count). The van der Waals surface area contributed by atoms with E-state index in [4.69, 9.17) is 0 Å². The molecule has 1 aliphatic heterocycles. The topological polar surface area (TPSA) is 0 Å². The molecule has 0 saturated carbocycles. The van der Waals surface area contributed by atoms with Crippen molar-refractivity contribution < 1.29 is 0 Å². The first kappa shape index (κ1) is 13.5. The summed E-state index contributed by atoms with van der Waals surface area (Å²) in [7, 11) is -0.221. The lowest BCUT2D eigenvalue weighted by Gasteiger charge is -2.27. The maximum Gasteiger partial charge on any atom is 0.468 e. The average molecular weight is 288 g/mol. The summed E-state index contributed by atoms with van der Waals surface area (Å²) in [5, 5.41) is 0. The summed E-state index contributed by atoms with van der Waals surface area (Å²) in [4.78, 5) is 0. The molecule has 80 valence electrons. The van der Waals surface area contributed by atoms with Gasteiger partial charge in [0.05, 0.1) is 0 Å². The van der Waals surface area contributed by atoms with Crippen molar-refractivity contribution in [2.45, 2.75) is 61.7 Å². The molecule has 0 nitrogen and oxygen atoms in total. The Kier molecular flexibility index (Phi) is 8.31. The highest BCUT2D eigenvalue weighted by Gasteiger charge is 2.21. The van der Waals surface area contributed by atoms with Crippen molar-refractivity contribution in [1.29, 1.82) is 0 Å². The highest BCUT2D eigenvalue weighted by atomic mass is 79.9. The Hall–Kier alpha value is 1.46. The third-order valence-corrected chi connectivity index (χ3v) is 9.63. The molecule has 0 amide bonds. The molecule has 0 N–H and O–H groups in total. The van der Waals surface area contributed by atoms with Gasteiger partial charge in [0.15, 0.2) is 0 Å². The standard InChI is InChI=1S/C11H23Si.BrH.Mg/c1-3-4-5-8-12-9-6-11(2)7-10-12;;/h11-12H,2-10H2,1H3;1H;/q;;+1/p-1/t11-,12-;;. The van der Waals surface area contributed by atoms with Crippen molar-refractivity contribution in [1.82, 2.24) is 0 Å². The molecule has 0 aromatic carbocycles. The predicted molar refractivity (Wildman–Crippen MR) is 73.3 cm³/mol. The molecule has 14 heavy (non-hydrogen) atoms. The summed E-state index contributed by atoms with van der Waals surface area (Å²) in [5.74, 6) is 1.14. The Bertz CT molecular complexity index is 135. The third-order valence-electron chi connectivity index (χ3n) is 3.70. The molecule has 0 unspecified atom stereocenters. The van der Waals surface area contributed by atoms with Crippen LogP contribution in [-0.4, -0.2) is 27.0 Å². The average Bonchev–Trinajstić information content (AvgIpc) is 2.21. The molecule has 1 saturated heterocycles. The van der Waals surface area contributed by atoms with Gasteiger partial charge in [0.25, 0.3) is 0 Å². The maximum absolute atomic E-state index is 3.70. The van der Waals surface area contributed by atoms with E-state index in [9.17, 15) is 0 Å². The van der Waals surface area contributed by atoms with Gasteiger partial charge in [0.2, 0.25) is 0 Å². The summed E-state index contributed by atoms with van der Waals surface area (Å²) in [6.07, 6.45) is 7.63. The van der Waals surface area contributed by atoms with Gasteiger partial charge in [-0.2, -0.15) is 0 Å². The van der Waals surface area contributed by atoms with Gasteiger partial charge in [-0.1, -0.05) is 63.1 Å². The summed E-state index contributed by atoms with van der Waals surface area (Å²) in [5.41, 5.74) is 0. The van der Waals surface area contributed by atoms with Crippen LogP contribution >= 0.6 is 12.9 Å². The number of unbranched alkanes of at least 4 members (excludes halogenated alkanes) is 2. The molecule has 3 heteroatoms. The molecule has 0 bridgehead atoms. The van der Waals surface area contributed by atoms with Crippen LogP contribution in [0.25, 0.3) is 0 Å². The molecular formula is C11H23BrMgSi. The lowest BCUT2D eigenvalue weighted by Crippen LogP contribution is -2.21. The number of rotatable bonds is 6. The lowest BCUT2D eigenvalue weighted by molar-refractivity contribution is 0.515. The van der Waals surface area contributed by atoms with E-state index >= 15 is 0 Å². The fourth-order valence-electron chi connectivity index (χ4n) is 2.65. The zero-order chi connectivity index (χ0) is 10.2. The number of hydrogen-bond acceptors (Lipinski definition) is 0. The van der Waals surface area contributed by atoms with Crippen LogP contribution in [0.3, 0.4) is 0 Å². The molecule has 0 aromatic heterocycles. The number of halogens is 1. The van der Waals surface area contributed by atoms with E-state index in [2.05, 4.69) is 19.8 Å². The Morgan fingerprint density at radius 2 is 2.00 bits per heavy atom. The predicted octanol–water partition coefficient (Wildman–Crippen LogP) is 4.25. The molecule has 1 heterocycles. The molecule has 1 aliphatic rings. The molecule has 0 aromatic rings. The smallest absolute Gasteiger partial charge is 0.307 e. The van der Waals surface area contributed by atoms with Gasteiger partial charge in [-0.3, -0.25) is 0 Å². The third kappa shape index (κ3) is 5.52.